The summed E-state index contributed by atoms with van der Waals surface area (Å²) in [5.41, 5.74) is 6.15. The monoisotopic (exact) mass is 279 g/mol. The quantitative estimate of drug-likeness (QED) is 0.724. The van der Waals surface area contributed by atoms with Gasteiger partial charge in [-0.2, -0.15) is 5.10 Å². The molecule has 21 heavy (non-hydrogen) atoms. The molecule has 0 unspecified atom stereocenters. The molecule has 0 atom stereocenters. The summed E-state index contributed by atoms with van der Waals surface area (Å²) in [6, 6.07) is 8.71. The summed E-state index contributed by atoms with van der Waals surface area (Å²) < 4.78 is 7.60. The molecule has 3 aromatic rings. The Labute approximate surface area is 123 Å². The topological polar surface area (TPSA) is 39.9 Å². The average molecular weight is 279 g/mol. The predicted molar refractivity (Wildman–Crippen MR) is 81.2 cm³/mol. The molecule has 1 aliphatic heterocycles. The predicted octanol–water partition coefficient (Wildman–Crippen LogP) is 2.86. The van der Waals surface area contributed by atoms with Crippen molar-refractivity contribution in [3.63, 3.8) is 0 Å². The molecule has 0 saturated heterocycles. The third-order valence-electron chi connectivity index (χ3n) is 4.11. The van der Waals surface area contributed by atoms with Crippen LogP contribution in [0.1, 0.15) is 22.4 Å². The van der Waals surface area contributed by atoms with E-state index in [0.717, 1.165) is 42.8 Å². The Hall–Kier alpha value is -2.20. The van der Waals surface area contributed by atoms with E-state index in [9.17, 15) is 0 Å². The van der Waals surface area contributed by atoms with Crippen LogP contribution in [0, 0.1) is 6.92 Å². The van der Waals surface area contributed by atoms with Crippen LogP contribution in [-0.4, -0.2) is 21.4 Å². The number of nitrogens with zero attached hydrogens (tertiary/aromatic N) is 3. The van der Waals surface area contributed by atoms with Crippen molar-refractivity contribution in [2.75, 3.05) is 6.61 Å². The molecule has 0 spiro atoms. The molecule has 0 saturated carbocycles. The van der Waals surface area contributed by atoms with Gasteiger partial charge in [0, 0.05) is 17.8 Å². The van der Waals surface area contributed by atoms with Crippen LogP contribution in [0.4, 0.5) is 0 Å². The van der Waals surface area contributed by atoms with Crippen LogP contribution >= 0.6 is 0 Å². The highest BCUT2D eigenvalue weighted by Crippen LogP contribution is 2.21. The molecular weight excluding hydrogens is 262 g/mol. The van der Waals surface area contributed by atoms with Gasteiger partial charge in [-0.3, -0.25) is 9.67 Å². The second kappa shape index (κ2) is 4.97. The van der Waals surface area contributed by atoms with Gasteiger partial charge in [-0.05, 0) is 36.1 Å². The van der Waals surface area contributed by atoms with Crippen molar-refractivity contribution in [2.45, 2.75) is 26.5 Å². The summed E-state index contributed by atoms with van der Waals surface area (Å²) in [7, 11) is 0. The lowest BCUT2D eigenvalue weighted by Gasteiger charge is -2.17. The molecule has 0 bridgehead atoms. The molecule has 0 aliphatic carbocycles. The van der Waals surface area contributed by atoms with Crippen LogP contribution in [0.2, 0.25) is 0 Å². The standard InChI is InChI=1S/C17H17N3O/c1-12-16-9-18-6-4-17(16)20(19-12)10-13-2-3-14-5-7-21-11-15(14)8-13/h2-4,6,8-9H,5,7,10-11H2,1H3. The number of pyridine rings is 1. The van der Waals surface area contributed by atoms with Crippen LogP contribution in [0.15, 0.2) is 36.7 Å². The van der Waals surface area contributed by atoms with Crippen LogP contribution in [0.3, 0.4) is 0 Å². The molecule has 106 valence electrons. The van der Waals surface area contributed by atoms with Gasteiger partial charge < -0.3 is 4.74 Å². The maximum Gasteiger partial charge on any atom is 0.0720 e. The number of aryl methyl sites for hydroxylation is 1. The normalized spacial score (nSPS) is 14.3. The van der Waals surface area contributed by atoms with Crippen molar-refractivity contribution < 1.29 is 4.74 Å². The lowest BCUT2D eigenvalue weighted by Crippen LogP contribution is -2.11. The summed E-state index contributed by atoms with van der Waals surface area (Å²) in [5, 5.41) is 5.77. The van der Waals surface area contributed by atoms with Gasteiger partial charge in [0.2, 0.25) is 0 Å². The second-order valence-electron chi connectivity index (χ2n) is 5.54. The number of rotatable bonds is 2. The first-order valence-corrected chi connectivity index (χ1v) is 7.27. The van der Waals surface area contributed by atoms with Crippen molar-refractivity contribution in [2.24, 2.45) is 0 Å². The minimum atomic E-state index is 0.728. The number of benzene rings is 1. The summed E-state index contributed by atoms with van der Waals surface area (Å²) >= 11 is 0. The molecular formula is C17H17N3O. The van der Waals surface area contributed by atoms with Gasteiger partial charge in [0.1, 0.15) is 0 Å². The molecule has 4 heteroatoms. The SMILES string of the molecule is Cc1nn(Cc2ccc3c(c2)COCC3)c2ccncc12. The summed E-state index contributed by atoms with van der Waals surface area (Å²) in [6.45, 7) is 4.37. The first-order chi connectivity index (χ1) is 10.3. The largest absolute Gasteiger partial charge is 0.376 e. The molecule has 2 aromatic heterocycles. The van der Waals surface area contributed by atoms with Crippen LogP contribution in [-0.2, 0) is 24.3 Å². The van der Waals surface area contributed by atoms with Crippen LogP contribution in [0.5, 0.6) is 0 Å². The van der Waals surface area contributed by atoms with Crippen LogP contribution in [0.25, 0.3) is 10.9 Å². The van der Waals surface area contributed by atoms with E-state index in [1.54, 1.807) is 0 Å². The van der Waals surface area contributed by atoms with Gasteiger partial charge in [0.25, 0.3) is 0 Å². The lowest BCUT2D eigenvalue weighted by molar-refractivity contribution is 0.110. The Morgan fingerprint density at radius 2 is 2.19 bits per heavy atom. The molecule has 0 fully saturated rings. The first-order valence-electron chi connectivity index (χ1n) is 7.27. The van der Waals surface area contributed by atoms with Crippen molar-refractivity contribution in [3.05, 3.63) is 59.0 Å². The Morgan fingerprint density at radius 3 is 3.14 bits per heavy atom. The minimum absolute atomic E-state index is 0.728. The summed E-state index contributed by atoms with van der Waals surface area (Å²) in [4.78, 5) is 4.18. The molecule has 0 N–H and O–H groups in total. The maximum atomic E-state index is 5.54. The molecule has 1 aromatic carbocycles. The highest BCUT2D eigenvalue weighted by Gasteiger charge is 2.11. The molecule has 1 aliphatic rings. The van der Waals surface area contributed by atoms with E-state index in [1.807, 2.05) is 25.4 Å². The van der Waals surface area contributed by atoms with Crippen LogP contribution < -0.4 is 0 Å². The number of hydrogen-bond donors (Lipinski definition) is 0. The van der Waals surface area contributed by atoms with Crippen molar-refractivity contribution >= 4 is 10.9 Å². The Morgan fingerprint density at radius 1 is 1.24 bits per heavy atom. The minimum Gasteiger partial charge on any atom is -0.376 e. The van der Waals surface area contributed by atoms with Gasteiger partial charge in [-0.1, -0.05) is 18.2 Å². The van der Waals surface area contributed by atoms with E-state index in [4.69, 9.17) is 4.74 Å². The van der Waals surface area contributed by atoms with Crippen molar-refractivity contribution in [1.29, 1.82) is 0 Å². The Kier molecular flexibility index (Phi) is 2.97. The smallest absolute Gasteiger partial charge is 0.0720 e. The van der Waals surface area contributed by atoms with Crippen molar-refractivity contribution in [1.82, 2.24) is 14.8 Å². The maximum absolute atomic E-state index is 5.54. The Bertz CT molecular complexity index is 807. The van der Waals surface area contributed by atoms with E-state index < -0.39 is 0 Å². The molecule has 4 nitrogen and oxygen atoms in total. The number of hydrogen-bond acceptors (Lipinski definition) is 3. The van der Waals surface area contributed by atoms with Gasteiger partial charge in [-0.15, -0.1) is 0 Å². The third kappa shape index (κ3) is 2.21. The van der Waals surface area contributed by atoms with E-state index in [2.05, 4.69) is 33.0 Å². The number of aromatic nitrogens is 3. The first kappa shape index (κ1) is 12.5. The van der Waals surface area contributed by atoms with Gasteiger partial charge in [-0.25, -0.2) is 0 Å². The molecule has 3 heterocycles. The highest BCUT2D eigenvalue weighted by atomic mass is 16.5. The zero-order valence-corrected chi connectivity index (χ0v) is 12.0. The zero-order chi connectivity index (χ0) is 14.2. The van der Waals surface area contributed by atoms with E-state index in [1.165, 1.54) is 16.7 Å². The van der Waals surface area contributed by atoms with Gasteiger partial charge >= 0.3 is 0 Å². The number of ether oxygens (including phenoxy) is 1. The average Bonchev–Trinajstić information content (AvgIpc) is 2.84. The fraction of sp³-hybridized carbons (Fsp3) is 0.294. The fourth-order valence-electron chi connectivity index (χ4n) is 2.99. The molecule has 4 rings (SSSR count). The second-order valence-corrected chi connectivity index (χ2v) is 5.54. The number of fused-ring (bicyclic) bond motifs is 2. The third-order valence-corrected chi connectivity index (χ3v) is 4.11. The fourth-order valence-corrected chi connectivity index (χ4v) is 2.99. The van der Waals surface area contributed by atoms with E-state index >= 15 is 0 Å². The van der Waals surface area contributed by atoms with Gasteiger partial charge in [0.15, 0.2) is 0 Å². The van der Waals surface area contributed by atoms with E-state index in [0.29, 0.717) is 0 Å². The Balaban J connectivity index is 1.71. The zero-order valence-electron chi connectivity index (χ0n) is 12.0. The van der Waals surface area contributed by atoms with Crippen molar-refractivity contribution in [3.8, 4) is 0 Å². The molecule has 0 amide bonds. The molecule has 0 radical (unpaired) electrons. The highest BCUT2D eigenvalue weighted by molar-refractivity contribution is 5.80. The van der Waals surface area contributed by atoms with Gasteiger partial charge in [0.05, 0.1) is 31.0 Å². The lowest BCUT2D eigenvalue weighted by atomic mass is 10.0. The summed E-state index contributed by atoms with van der Waals surface area (Å²) in [5.74, 6) is 0. The van der Waals surface area contributed by atoms with E-state index in [-0.39, 0.29) is 0 Å². The summed E-state index contributed by atoms with van der Waals surface area (Å²) in [6.07, 6.45) is 4.72.